The lowest BCUT2D eigenvalue weighted by molar-refractivity contribution is -0.0455. The Morgan fingerprint density at radius 3 is 2.90 bits per heavy atom. The Labute approximate surface area is 137 Å². The summed E-state index contributed by atoms with van der Waals surface area (Å²) in [5.74, 6) is 0. The third-order valence-corrected chi connectivity index (χ3v) is 4.48. The van der Waals surface area contributed by atoms with Crippen LogP contribution in [0.25, 0.3) is 0 Å². The average Bonchev–Trinajstić information content (AvgIpc) is 2.51. The minimum absolute atomic E-state index is 0.0745. The zero-order valence-corrected chi connectivity index (χ0v) is 14.3. The summed E-state index contributed by atoms with van der Waals surface area (Å²) in [7, 11) is 0. The molecule has 1 saturated heterocycles. The molecule has 1 aliphatic rings. The number of nitrogens with zero attached hydrogens (tertiary/aromatic N) is 1. The van der Waals surface area contributed by atoms with E-state index >= 15 is 0 Å². The highest BCUT2D eigenvalue weighted by Crippen LogP contribution is 2.30. The summed E-state index contributed by atoms with van der Waals surface area (Å²) < 4.78 is 6.01. The molecule has 2 rings (SSSR count). The molecule has 0 saturated carbocycles. The predicted octanol–water partition coefficient (Wildman–Crippen LogP) is 3.75. The molecule has 1 heterocycles. The van der Waals surface area contributed by atoms with Gasteiger partial charge in [-0.25, -0.2) is 0 Å². The molecule has 118 valence electrons. The van der Waals surface area contributed by atoms with Gasteiger partial charge in [0.15, 0.2) is 0 Å². The van der Waals surface area contributed by atoms with Crippen LogP contribution in [0.2, 0.25) is 10.0 Å². The van der Waals surface area contributed by atoms with Crippen molar-refractivity contribution in [2.75, 3.05) is 32.8 Å². The molecule has 0 aromatic heterocycles. The van der Waals surface area contributed by atoms with Gasteiger partial charge in [-0.15, -0.1) is 0 Å². The van der Waals surface area contributed by atoms with E-state index in [1.165, 1.54) is 0 Å². The molecule has 2 unspecified atom stereocenters. The zero-order valence-electron chi connectivity index (χ0n) is 12.7. The standard InChI is InChI=1S/C16H24Cl2N2O/c1-3-7-19-16(13-10-12(17)5-6-14(13)18)15-11-20(4-2)8-9-21-15/h5-6,10,15-16,19H,3-4,7-9,11H2,1-2H3. The molecule has 0 spiro atoms. The molecule has 3 nitrogen and oxygen atoms in total. The van der Waals surface area contributed by atoms with Crippen molar-refractivity contribution in [3.8, 4) is 0 Å². The molecule has 0 aliphatic carbocycles. The van der Waals surface area contributed by atoms with Crippen LogP contribution in [0.15, 0.2) is 18.2 Å². The maximum Gasteiger partial charge on any atom is 0.0897 e. The zero-order chi connectivity index (χ0) is 15.2. The van der Waals surface area contributed by atoms with Crippen LogP contribution < -0.4 is 5.32 Å². The van der Waals surface area contributed by atoms with Gasteiger partial charge in [0.1, 0.15) is 0 Å². The minimum atomic E-state index is 0.0745. The fourth-order valence-corrected chi connectivity index (χ4v) is 3.13. The normalized spacial score (nSPS) is 21.4. The van der Waals surface area contributed by atoms with Gasteiger partial charge >= 0.3 is 0 Å². The van der Waals surface area contributed by atoms with Crippen LogP contribution in [-0.2, 0) is 4.74 Å². The number of hydrogen-bond acceptors (Lipinski definition) is 3. The molecular formula is C16H24Cl2N2O. The van der Waals surface area contributed by atoms with Crippen molar-refractivity contribution in [2.24, 2.45) is 0 Å². The lowest BCUT2D eigenvalue weighted by Crippen LogP contribution is -2.48. The Morgan fingerprint density at radius 2 is 2.19 bits per heavy atom. The fourth-order valence-electron chi connectivity index (χ4n) is 2.71. The number of hydrogen-bond donors (Lipinski definition) is 1. The summed E-state index contributed by atoms with van der Waals surface area (Å²) in [6.07, 6.45) is 1.17. The largest absolute Gasteiger partial charge is 0.374 e. The molecular weight excluding hydrogens is 307 g/mol. The highest BCUT2D eigenvalue weighted by Gasteiger charge is 2.29. The van der Waals surface area contributed by atoms with Gasteiger partial charge in [-0.3, -0.25) is 4.90 Å². The SMILES string of the molecule is CCCNC(c1cc(Cl)ccc1Cl)C1CN(CC)CCO1. The molecule has 0 amide bonds. The van der Waals surface area contributed by atoms with E-state index in [9.17, 15) is 0 Å². The van der Waals surface area contributed by atoms with Crippen molar-refractivity contribution in [2.45, 2.75) is 32.4 Å². The summed E-state index contributed by atoms with van der Waals surface area (Å²) in [5, 5.41) is 5.02. The smallest absolute Gasteiger partial charge is 0.0897 e. The monoisotopic (exact) mass is 330 g/mol. The summed E-state index contributed by atoms with van der Waals surface area (Å²) in [4.78, 5) is 2.41. The van der Waals surface area contributed by atoms with Gasteiger partial charge in [0, 0.05) is 23.1 Å². The van der Waals surface area contributed by atoms with Crippen LogP contribution >= 0.6 is 23.2 Å². The maximum absolute atomic E-state index is 6.39. The first-order chi connectivity index (χ1) is 10.2. The molecule has 21 heavy (non-hydrogen) atoms. The Hall–Kier alpha value is -0.320. The van der Waals surface area contributed by atoms with Crippen LogP contribution in [0.1, 0.15) is 31.9 Å². The van der Waals surface area contributed by atoms with Gasteiger partial charge in [-0.05, 0) is 43.3 Å². The van der Waals surface area contributed by atoms with Crippen molar-refractivity contribution >= 4 is 23.2 Å². The number of morpholine rings is 1. The molecule has 1 fully saturated rings. The number of halogens is 2. The molecule has 2 atom stereocenters. The summed E-state index contributed by atoms with van der Waals surface area (Å²) in [5.41, 5.74) is 1.03. The van der Waals surface area contributed by atoms with Crippen molar-refractivity contribution in [1.82, 2.24) is 10.2 Å². The van der Waals surface area contributed by atoms with Crippen molar-refractivity contribution in [3.63, 3.8) is 0 Å². The Bertz CT molecular complexity index is 456. The summed E-state index contributed by atoms with van der Waals surface area (Å²) in [6, 6.07) is 5.71. The molecule has 0 radical (unpaired) electrons. The number of benzene rings is 1. The topological polar surface area (TPSA) is 24.5 Å². The fraction of sp³-hybridized carbons (Fsp3) is 0.625. The van der Waals surface area contributed by atoms with E-state index < -0.39 is 0 Å². The van der Waals surface area contributed by atoms with Crippen molar-refractivity contribution < 1.29 is 4.74 Å². The van der Waals surface area contributed by atoms with Crippen LogP contribution in [0.3, 0.4) is 0 Å². The van der Waals surface area contributed by atoms with E-state index in [1.807, 2.05) is 18.2 Å². The van der Waals surface area contributed by atoms with Crippen LogP contribution in [-0.4, -0.2) is 43.8 Å². The number of nitrogens with one attached hydrogen (secondary N) is 1. The average molecular weight is 331 g/mol. The van der Waals surface area contributed by atoms with E-state index in [2.05, 4.69) is 24.1 Å². The van der Waals surface area contributed by atoms with Gasteiger partial charge in [0.2, 0.25) is 0 Å². The van der Waals surface area contributed by atoms with Gasteiger partial charge in [0.25, 0.3) is 0 Å². The third kappa shape index (κ3) is 4.57. The first-order valence-electron chi connectivity index (χ1n) is 7.68. The van der Waals surface area contributed by atoms with E-state index in [1.54, 1.807) is 0 Å². The quantitative estimate of drug-likeness (QED) is 0.859. The van der Waals surface area contributed by atoms with Crippen LogP contribution in [0.5, 0.6) is 0 Å². The Morgan fingerprint density at radius 1 is 1.38 bits per heavy atom. The van der Waals surface area contributed by atoms with Gasteiger partial charge in [0.05, 0.1) is 18.8 Å². The van der Waals surface area contributed by atoms with Crippen molar-refractivity contribution in [1.29, 1.82) is 0 Å². The van der Waals surface area contributed by atoms with Gasteiger partial charge in [-0.2, -0.15) is 0 Å². The molecule has 5 heteroatoms. The first kappa shape index (κ1) is 17.0. The maximum atomic E-state index is 6.39. The minimum Gasteiger partial charge on any atom is -0.374 e. The Balaban J connectivity index is 2.22. The first-order valence-corrected chi connectivity index (χ1v) is 8.43. The second-order valence-electron chi connectivity index (χ2n) is 5.40. The van der Waals surface area contributed by atoms with Crippen LogP contribution in [0.4, 0.5) is 0 Å². The van der Waals surface area contributed by atoms with Crippen molar-refractivity contribution in [3.05, 3.63) is 33.8 Å². The number of ether oxygens (including phenoxy) is 1. The summed E-state index contributed by atoms with van der Waals surface area (Å²) in [6.45, 7) is 8.99. The highest BCUT2D eigenvalue weighted by molar-refractivity contribution is 6.33. The van der Waals surface area contributed by atoms with E-state index in [0.717, 1.165) is 49.8 Å². The van der Waals surface area contributed by atoms with E-state index in [-0.39, 0.29) is 12.1 Å². The highest BCUT2D eigenvalue weighted by atomic mass is 35.5. The lowest BCUT2D eigenvalue weighted by atomic mass is 9.99. The second kappa shape index (κ2) is 8.35. The van der Waals surface area contributed by atoms with E-state index in [4.69, 9.17) is 27.9 Å². The Kier molecular flexibility index (Phi) is 6.77. The predicted molar refractivity (Wildman–Crippen MR) is 89.4 cm³/mol. The molecule has 0 bridgehead atoms. The van der Waals surface area contributed by atoms with Crippen LogP contribution in [0, 0.1) is 0 Å². The van der Waals surface area contributed by atoms with E-state index in [0.29, 0.717) is 5.02 Å². The van der Waals surface area contributed by atoms with Gasteiger partial charge < -0.3 is 10.1 Å². The molecule has 1 N–H and O–H groups in total. The number of likely N-dealkylation sites (N-methyl/N-ethyl adjacent to an activating group) is 1. The molecule has 1 aliphatic heterocycles. The third-order valence-electron chi connectivity index (χ3n) is 3.90. The lowest BCUT2D eigenvalue weighted by Gasteiger charge is -2.37. The molecule has 1 aromatic rings. The number of rotatable bonds is 6. The second-order valence-corrected chi connectivity index (χ2v) is 6.24. The summed E-state index contributed by atoms with van der Waals surface area (Å²) >= 11 is 12.5. The van der Waals surface area contributed by atoms with Gasteiger partial charge in [-0.1, -0.05) is 37.0 Å². The molecule has 1 aromatic carbocycles.